The van der Waals surface area contributed by atoms with Crippen LogP contribution in [0.4, 0.5) is 0 Å². The largest absolute Gasteiger partial charge is 0.472 e. The molecule has 0 saturated heterocycles. The number of carbonyl (C=O) groups is 2. The first kappa shape index (κ1) is 46.2. The summed E-state index contributed by atoms with van der Waals surface area (Å²) in [5.41, 5.74) is 0. The zero-order valence-electron chi connectivity index (χ0n) is 30.1. The van der Waals surface area contributed by atoms with Gasteiger partial charge in [-0.1, -0.05) is 137 Å². The Morgan fingerprint density at radius 1 is 0.653 bits per heavy atom. The fraction of sp³-hybridized carbons (Fsp3) is 0.590. The minimum absolute atomic E-state index is 0.0203. The van der Waals surface area contributed by atoms with E-state index in [9.17, 15) is 24.2 Å². The molecule has 2 atom stereocenters. The molecule has 0 fully saturated rings. The highest BCUT2D eigenvalue weighted by Gasteiger charge is 2.23. The molecule has 0 aromatic heterocycles. The number of nitrogens with one attached hydrogen (secondary N) is 1. The lowest BCUT2D eigenvalue weighted by Crippen LogP contribution is -2.26. The molecular weight excluding hydrogens is 641 g/mol. The normalized spacial score (nSPS) is 14.4. The number of carbonyl (C=O) groups excluding carboxylic acids is 2. The SMILES string of the molecule is CC/C=C\C/C=C\C/C=C\C/C=C\C/C=C\C/C=C\C/C=C\CC(=O)NCCOP(=O)(O)OCC(O)COC(=O)CCCCCCCCC. The molecular formula is C39H64NO8P. The lowest BCUT2D eigenvalue weighted by molar-refractivity contribution is -0.147. The molecule has 0 aliphatic heterocycles. The number of hydrogen-bond donors (Lipinski definition) is 3. The average Bonchev–Trinajstić information content (AvgIpc) is 3.08. The molecule has 0 aromatic rings. The summed E-state index contributed by atoms with van der Waals surface area (Å²) in [4.78, 5) is 33.5. The highest BCUT2D eigenvalue weighted by molar-refractivity contribution is 7.47. The maximum Gasteiger partial charge on any atom is 0.472 e. The molecule has 10 heteroatoms. The maximum absolute atomic E-state index is 12.0. The van der Waals surface area contributed by atoms with Crippen molar-refractivity contribution in [2.45, 2.75) is 123 Å². The zero-order chi connectivity index (χ0) is 36.1. The monoisotopic (exact) mass is 705 g/mol. The number of rotatable bonds is 32. The third-order valence-corrected chi connectivity index (χ3v) is 7.85. The number of allylic oxidation sites excluding steroid dienone is 13. The molecule has 0 heterocycles. The second-order valence-corrected chi connectivity index (χ2v) is 12.9. The summed E-state index contributed by atoms with van der Waals surface area (Å²) >= 11 is 0. The third kappa shape index (κ3) is 36.3. The Morgan fingerprint density at radius 2 is 1.12 bits per heavy atom. The molecule has 0 aliphatic rings. The highest BCUT2D eigenvalue weighted by Crippen LogP contribution is 2.42. The summed E-state index contributed by atoms with van der Waals surface area (Å²) in [6.07, 6.45) is 42.8. The van der Waals surface area contributed by atoms with Crippen LogP contribution in [-0.4, -0.2) is 54.3 Å². The Bertz CT molecular complexity index is 1080. The van der Waals surface area contributed by atoms with E-state index in [0.717, 1.165) is 70.6 Å². The molecule has 0 rings (SSSR count). The van der Waals surface area contributed by atoms with E-state index in [0.29, 0.717) is 0 Å². The molecule has 0 radical (unpaired) electrons. The summed E-state index contributed by atoms with van der Waals surface area (Å²) < 4.78 is 26.6. The van der Waals surface area contributed by atoms with Gasteiger partial charge in [0.25, 0.3) is 0 Å². The molecule has 9 nitrogen and oxygen atoms in total. The van der Waals surface area contributed by atoms with Crippen molar-refractivity contribution in [1.82, 2.24) is 5.32 Å². The number of esters is 1. The summed E-state index contributed by atoms with van der Waals surface area (Å²) in [7, 11) is -4.43. The molecule has 3 N–H and O–H groups in total. The predicted molar refractivity (Wildman–Crippen MR) is 201 cm³/mol. The lowest BCUT2D eigenvalue weighted by atomic mass is 10.1. The van der Waals surface area contributed by atoms with Gasteiger partial charge in [-0.3, -0.25) is 18.6 Å². The van der Waals surface area contributed by atoms with Crippen molar-refractivity contribution in [2.24, 2.45) is 0 Å². The van der Waals surface area contributed by atoms with Gasteiger partial charge in [-0.05, 0) is 51.4 Å². The Hall–Kier alpha value is -2.81. The van der Waals surface area contributed by atoms with E-state index in [1.807, 2.05) is 12.2 Å². The third-order valence-electron chi connectivity index (χ3n) is 6.87. The van der Waals surface area contributed by atoms with Gasteiger partial charge in [-0.15, -0.1) is 0 Å². The summed E-state index contributed by atoms with van der Waals surface area (Å²) in [5.74, 6) is -0.666. The average molecular weight is 706 g/mol. The molecule has 0 aromatic carbocycles. The number of aliphatic hydroxyl groups is 1. The number of ether oxygens (including phenoxy) is 1. The number of hydrogen-bond acceptors (Lipinski definition) is 7. The van der Waals surface area contributed by atoms with E-state index in [1.165, 1.54) is 19.3 Å². The van der Waals surface area contributed by atoms with Crippen molar-refractivity contribution >= 4 is 19.7 Å². The van der Waals surface area contributed by atoms with Gasteiger partial charge in [0, 0.05) is 19.4 Å². The second-order valence-electron chi connectivity index (χ2n) is 11.5. The van der Waals surface area contributed by atoms with Crippen LogP contribution in [0.3, 0.4) is 0 Å². The summed E-state index contributed by atoms with van der Waals surface area (Å²) in [5, 5.41) is 12.5. The van der Waals surface area contributed by atoms with E-state index in [4.69, 9.17) is 13.8 Å². The summed E-state index contributed by atoms with van der Waals surface area (Å²) in [6.45, 7) is 3.21. The standard InChI is InChI=1S/C39H64NO8P/c1-3-5-7-9-11-12-13-14-15-16-17-18-19-20-21-22-23-24-26-27-29-31-38(42)40-33-34-47-49(44,45)48-36-37(41)35-46-39(43)32-30-28-25-10-8-6-4-2/h5,7,11-12,14-15,17-18,20-21,23-24,27,29,37,41H,3-4,6,8-10,13,16,19,22,25-26,28,30-36H2,1-2H3,(H,40,42)(H,44,45)/b7-5-,12-11-,15-14-,18-17-,21-20-,24-23-,29-27-. The maximum atomic E-state index is 12.0. The lowest BCUT2D eigenvalue weighted by Gasteiger charge is -2.15. The number of phosphoric ester groups is 1. The molecule has 0 aliphatic carbocycles. The van der Waals surface area contributed by atoms with Gasteiger partial charge in [0.05, 0.1) is 13.2 Å². The van der Waals surface area contributed by atoms with Crippen LogP contribution in [0.25, 0.3) is 0 Å². The first-order chi connectivity index (χ1) is 23.8. The number of unbranched alkanes of at least 4 members (excludes halogenated alkanes) is 6. The van der Waals surface area contributed by atoms with Crippen molar-refractivity contribution in [2.75, 3.05) is 26.4 Å². The fourth-order valence-corrected chi connectivity index (χ4v) is 4.92. The first-order valence-corrected chi connectivity index (χ1v) is 19.6. The van der Waals surface area contributed by atoms with Crippen LogP contribution < -0.4 is 5.32 Å². The highest BCUT2D eigenvalue weighted by atomic mass is 31.2. The van der Waals surface area contributed by atoms with Crippen LogP contribution in [0.5, 0.6) is 0 Å². The Morgan fingerprint density at radius 3 is 1.63 bits per heavy atom. The van der Waals surface area contributed by atoms with Crippen LogP contribution >= 0.6 is 7.82 Å². The molecule has 2 unspecified atom stereocenters. The molecule has 49 heavy (non-hydrogen) atoms. The first-order valence-electron chi connectivity index (χ1n) is 18.1. The minimum Gasteiger partial charge on any atom is -0.463 e. The van der Waals surface area contributed by atoms with Crippen LogP contribution in [0.1, 0.15) is 117 Å². The van der Waals surface area contributed by atoms with E-state index in [-0.39, 0.29) is 38.5 Å². The molecule has 1 amide bonds. The van der Waals surface area contributed by atoms with Gasteiger partial charge in [-0.25, -0.2) is 4.57 Å². The number of phosphoric acid groups is 1. The van der Waals surface area contributed by atoms with Crippen molar-refractivity contribution in [3.8, 4) is 0 Å². The predicted octanol–water partition coefficient (Wildman–Crippen LogP) is 9.32. The van der Waals surface area contributed by atoms with Gasteiger partial charge in [0.1, 0.15) is 12.7 Å². The van der Waals surface area contributed by atoms with Crippen molar-refractivity contribution in [3.05, 3.63) is 85.1 Å². The number of aliphatic hydroxyl groups excluding tert-OH is 1. The van der Waals surface area contributed by atoms with Crippen molar-refractivity contribution < 1.29 is 37.9 Å². The Kier molecular flexibility index (Phi) is 33.0. The van der Waals surface area contributed by atoms with E-state index >= 15 is 0 Å². The van der Waals surface area contributed by atoms with Gasteiger partial charge < -0.3 is 20.1 Å². The smallest absolute Gasteiger partial charge is 0.463 e. The molecule has 278 valence electrons. The minimum atomic E-state index is -4.43. The molecule has 0 bridgehead atoms. The fourth-order valence-electron chi connectivity index (χ4n) is 4.16. The van der Waals surface area contributed by atoms with Crippen molar-refractivity contribution in [1.29, 1.82) is 0 Å². The molecule has 0 spiro atoms. The Balaban J connectivity index is 3.81. The van der Waals surface area contributed by atoms with Gasteiger partial charge in [0.2, 0.25) is 5.91 Å². The van der Waals surface area contributed by atoms with E-state index in [2.05, 4.69) is 86.0 Å². The van der Waals surface area contributed by atoms with Crippen LogP contribution in [-0.2, 0) is 27.9 Å². The molecule has 0 saturated carbocycles. The summed E-state index contributed by atoms with van der Waals surface area (Å²) in [6, 6.07) is 0. The topological polar surface area (TPSA) is 131 Å². The van der Waals surface area contributed by atoms with E-state index in [1.54, 1.807) is 6.08 Å². The van der Waals surface area contributed by atoms with Crippen LogP contribution in [0.15, 0.2) is 85.1 Å². The van der Waals surface area contributed by atoms with Crippen molar-refractivity contribution in [3.63, 3.8) is 0 Å². The van der Waals surface area contributed by atoms with Gasteiger partial charge in [-0.2, -0.15) is 0 Å². The van der Waals surface area contributed by atoms with E-state index < -0.39 is 26.5 Å². The zero-order valence-corrected chi connectivity index (χ0v) is 31.0. The van der Waals surface area contributed by atoms with Crippen LogP contribution in [0, 0.1) is 0 Å². The number of amides is 1. The quantitative estimate of drug-likeness (QED) is 0.0273. The van der Waals surface area contributed by atoms with Crippen LogP contribution in [0.2, 0.25) is 0 Å². The van der Waals surface area contributed by atoms with Gasteiger partial charge >= 0.3 is 13.8 Å². The Labute approximate surface area is 296 Å². The van der Waals surface area contributed by atoms with Gasteiger partial charge in [0.15, 0.2) is 0 Å². The second kappa shape index (κ2) is 35.0.